The lowest BCUT2D eigenvalue weighted by Crippen LogP contribution is -2.38. The first kappa shape index (κ1) is 13.5. The van der Waals surface area contributed by atoms with Gasteiger partial charge in [-0.05, 0) is 31.9 Å². The Morgan fingerprint density at radius 3 is 2.61 bits per heavy atom. The molecular weight excluding hydrogens is 250 g/mol. The maximum Gasteiger partial charge on any atom is 0.243 e. The van der Waals surface area contributed by atoms with Crippen LogP contribution >= 0.6 is 0 Å². The first-order valence-corrected chi connectivity index (χ1v) is 7.57. The predicted molar refractivity (Wildman–Crippen MR) is 70.0 cm³/mol. The number of benzene rings is 1. The number of rotatable bonds is 4. The highest BCUT2D eigenvalue weighted by Crippen LogP contribution is 2.26. The topological polar surface area (TPSA) is 46.6 Å². The first-order chi connectivity index (χ1) is 8.55. The molecule has 1 saturated heterocycles. The van der Waals surface area contributed by atoms with Crippen LogP contribution in [-0.4, -0.2) is 39.0 Å². The lowest BCUT2D eigenvalue weighted by atomic mass is 10.2. The van der Waals surface area contributed by atoms with Gasteiger partial charge in [-0.3, -0.25) is 0 Å². The third kappa shape index (κ3) is 2.58. The Morgan fingerprint density at radius 1 is 1.33 bits per heavy atom. The molecule has 100 valence electrons. The largest absolute Gasteiger partial charge is 0.383 e. The SMILES string of the molecule is COCC1CCCN1S(=O)(=O)c1ccc(C)cc1. The molecular formula is C13H19NO3S. The molecule has 0 radical (unpaired) electrons. The molecule has 1 aliphatic rings. The third-order valence-electron chi connectivity index (χ3n) is 3.31. The van der Waals surface area contributed by atoms with Crippen molar-refractivity contribution in [3.63, 3.8) is 0 Å². The lowest BCUT2D eigenvalue weighted by molar-refractivity contribution is 0.149. The van der Waals surface area contributed by atoms with E-state index >= 15 is 0 Å². The Labute approximate surface area is 109 Å². The van der Waals surface area contributed by atoms with Crippen LogP contribution in [0.1, 0.15) is 18.4 Å². The van der Waals surface area contributed by atoms with Crippen molar-refractivity contribution < 1.29 is 13.2 Å². The minimum atomic E-state index is -3.37. The van der Waals surface area contributed by atoms with Gasteiger partial charge in [-0.2, -0.15) is 4.31 Å². The molecule has 0 spiro atoms. The highest BCUT2D eigenvalue weighted by atomic mass is 32.2. The van der Waals surface area contributed by atoms with E-state index in [9.17, 15) is 8.42 Å². The smallest absolute Gasteiger partial charge is 0.243 e. The van der Waals surface area contributed by atoms with Crippen LogP contribution in [0.3, 0.4) is 0 Å². The van der Waals surface area contributed by atoms with Crippen LogP contribution in [0.25, 0.3) is 0 Å². The quantitative estimate of drug-likeness (QED) is 0.837. The minimum Gasteiger partial charge on any atom is -0.383 e. The van der Waals surface area contributed by atoms with Crippen molar-refractivity contribution in [3.05, 3.63) is 29.8 Å². The van der Waals surface area contributed by atoms with Gasteiger partial charge >= 0.3 is 0 Å². The summed E-state index contributed by atoms with van der Waals surface area (Å²) in [5.41, 5.74) is 1.06. The fourth-order valence-electron chi connectivity index (χ4n) is 2.33. The normalized spacial score (nSPS) is 21.3. The molecule has 1 aliphatic heterocycles. The maximum absolute atomic E-state index is 12.5. The van der Waals surface area contributed by atoms with E-state index in [1.54, 1.807) is 23.5 Å². The number of aryl methyl sites for hydroxylation is 1. The molecule has 5 heteroatoms. The Balaban J connectivity index is 2.27. The molecule has 1 unspecified atom stereocenters. The van der Waals surface area contributed by atoms with E-state index in [2.05, 4.69) is 0 Å². The van der Waals surface area contributed by atoms with E-state index in [0.717, 1.165) is 18.4 Å². The number of hydrogen-bond acceptors (Lipinski definition) is 3. The molecule has 0 aliphatic carbocycles. The zero-order chi connectivity index (χ0) is 13.2. The summed E-state index contributed by atoms with van der Waals surface area (Å²) in [6.07, 6.45) is 1.78. The number of ether oxygens (including phenoxy) is 1. The molecule has 1 atom stereocenters. The van der Waals surface area contributed by atoms with E-state index < -0.39 is 10.0 Å². The Kier molecular flexibility index (Phi) is 4.04. The van der Waals surface area contributed by atoms with Gasteiger partial charge < -0.3 is 4.74 Å². The standard InChI is InChI=1S/C13H19NO3S/c1-11-5-7-13(8-6-11)18(15,16)14-9-3-4-12(14)10-17-2/h5-8,12H,3-4,9-10H2,1-2H3. The van der Waals surface area contributed by atoms with E-state index in [1.807, 2.05) is 19.1 Å². The summed E-state index contributed by atoms with van der Waals surface area (Å²) in [5, 5.41) is 0. The van der Waals surface area contributed by atoms with Gasteiger partial charge in [-0.25, -0.2) is 8.42 Å². The van der Waals surface area contributed by atoms with Crippen molar-refractivity contribution in [1.29, 1.82) is 0 Å². The molecule has 0 aromatic heterocycles. The van der Waals surface area contributed by atoms with Crippen LogP contribution in [0.4, 0.5) is 0 Å². The van der Waals surface area contributed by atoms with Gasteiger partial charge in [0.05, 0.1) is 11.5 Å². The molecule has 0 saturated carbocycles. The summed E-state index contributed by atoms with van der Waals surface area (Å²) in [4.78, 5) is 0.371. The Morgan fingerprint density at radius 2 is 2.00 bits per heavy atom. The van der Waals surface area contributed by atoms with Crippen LogP contribution in [0.2, 0.25) is 0 Å². The summed E-state index contributed by atoms with van der Waals surface area (Å²) in [7, 11) is -1.77. The molecule has 1 fully saturated rings. The molecule has 0 bridgehead atoms. The summed E-state index contributed by atoms with van der Waals surface area (Å²) >= 11 is 0. The molecule has 4 nitrogen and oxygen atoms in total. The average Bonchev–Trinajstić information content (AvgIpc) is 2.79. The van der Waals surface area contributed by atoms with E-state index in [0.29, 0.717) is 18.0 Å². The first-order valence-electron chi connectivity index (χ1n) is 6.13. The van der Waals surface area contributed by atoms with Gasteiger partial charge in [0.2, 0.25) is 10.0 Å². The van der Waals surface area contributed by atoms with Crippen LogP contribution < -0.4 is 0 Å². The van der Waals surface area contributed by atoms with E-state index in [-0.39, 0.29) is 6.04 Å². The second-order valence-corrected chi connectivity index (χ2v) is 6.57. The number of nitrogens with zero attached hydrogens (tertiary/aromatic N) is 1. The Bertz CT molecular complexity index is 495. The number of methoxy groups -OCH3 is 1. The molecule has 1 aromatic carbocycles. The fourth-order valence-corrected chi connectivity index (χ4v) is 4.01. The van der Waals surface area contributed by atoms with Crippen molar-refractivity contribution in [2.45, 2.75) is 30.7 Å². The monoisotopic (exact) mass is 269 g/mol. The van der Waals surface area contributed by atoms with Crippen molar-refractivity contribution in [2.24, 2.45) is 0 Å². The highest BCUT2D eigenvalue weighted by Gasteiger charge is 2.34. The summed E-state index contributed by atoms with van der Waals surface area (Å²) in [6, 6.07) is 6.98. The molecule has 0 amide bonds. The van der Waals surface area contributed by atoms with Gasteiger partial charge in [-0.15, -0.1) is 0 Å². The van der Waals surface area contributed by atoms with Crippen LogP contribution in [0.5, 0.6) is 0 Å². The van der Waals surface area contributed by atoms with Crippen LogP contribution in [-0.2, 0) is 14.8 Å². The average molecular weight is 269 g/mol. The Hall–Kier alpha value is -0.910. The maximum atomic E-state index is 12.5. The van der Waals surface area contributed by atoms with Crippen LogP contribution in [0.15, 0.2) is 29.2 Å². The third-order valence-corrected chi connectivity index (χ3v) is 5.28. The lowest BCUT2D eigenvalue weighted by Gasteiger charge is -2.23. The fraction of sp³-hybridized carbons (Fsp3) is 0.538. The van der Waals surface area contributed by atoms with Crippen molar-refractivity contribution >= 4 is 10.0 Å². The van der Waals surface area contributed by atoms with E-state index in [4.69, 9.17) is 4.74 Å². The second kappa shape index (κ2) is 5.38. The predicted octanol–water partition coefficient (Wildman–Crippen LogP) is 1.79. The minimum absolute atomic E-state index is 0.0266. The van der Waals surface area contributed by atoms with Gasteiger partial charge in [-0.1, -0.05) is 17.7 Å². The van der Waals surface area contributed by atoms with Gasteiger partial charge in [0.25, 0.3) is 0 Å². The van der Waals surface area contributed by atoms with Crippen molar-refractivity contribution in [3.8, 4) is 0 Å². The van der Waals surface area contributed by atoms with Gasteiger partial charge in [0.15, 0.2) is 0 Å². The van der Waals surface area contributed by atoms with Crippen molar-refractivity contribution in [1.82, 2.24) is 4.31 Å². The summed E-state index contributed by atoms with van der Waals surface area (Å²) in [6.45, 7) is 3.00. The highest BCUT2D eigenvalue weighted by molar-refractivity contribution is 7.89. The van der Waals surface area contributed by atoms with E-state index in [1.165, 1.54) is 0 Å². The zero-order valence-corrected chi connectivity index (χ0v) is 11.6. The molecule has 1 heterocycles. The second-order valence-electron chi connectivity index (χ2n) is 4.68. The molecule has 2 rings (SSSR count). The van der Waals surface area contributed by atoms with Gasteiger partial charge in [0, 0.05) is 19.7 Å². The molecule has 1 aromatic rings. The summed E-state index contributed by atoms with van der Waals surface area (Å²) < 4.78 is 31.7. The number of sulfonamides is 1. The number of hydrogen-bond donors (Lipinski definition) is 0. The zero-order valence-electron chi connectivity index (χ0n) is 10.8. The molecule has 0 N–H and O–H groups in total. The van der Waals surface area contributed by atoms with Gasteiger partial charge in [0.1, 0.15) is 0 Å². The van der Waals surface area contributed by atoms with Crippen molar-refractivity contribution in [2.75, 3.05) is 20.3 Å². The van der Waals surface area contributed by atoms with Crippen LogP contribution in [0, 0.1) is 6.92 Å². The molecule has 18 heavy (non-hydrogen) atoms. The summed E-state index contributed by atoms with van der Waals surface area (Å²) in [5.74, 6) is 0.